The SMILES string of the molecule is CC1=C/C=N\C=C/C=C\C=C/C(C)=C\1. The summed E-state index contributed by atoms with van der Waals surface area (Å²) in [5, 5.41) is 0. The highest BCUT2D eigenvalue weighted by molar-refractivity contribution is 5.73. The Hall–Kier alpha value is -1.63. The standard InChI is InChI=1S/C13H15N/c1-12-7-5-3-4-6-9-14-10-8-13(2)11-12/h3-11H,1-2H3/b4-3-,5-3?,6-4?,7-5-,9-6-,10-8?,12-7?,12-11-,13-8-,13-11?,14-9?,14-10-. The molecule has 0 unspecified atom stereocenters. The fourth-order valence-electron chi connectivity index (χ4n) is 1.10. The Bertz CT molecular complexity index is 347. The first-order valence-corrected chi connectivity index (χ1v) is 4.67. The van der Waals surface area contributed by atoms with Crippen molar-refractivity contribution in [2.24, 2.45) is 4.99 Å². The van der Waals surface area contributed by atoms with Gasteiger partial charge in [-0.2, -0.15) is 0 Å². The molecule has 1 heteroatoms. The molecule has 0 aromatic heterocycles. The van der Waals surface area contributed by atoms with Gasteiger partial charge < -0.3 is 0 Å². The zero-order valence-corrected chi connectivity index (χ0v) is 8.64. The van der Waals surface area contributed by atoms with E-state index in [0.717, 1.165) is 0 Å². The van der Waals surface area contributed by atoms with E-state index in [0.29, 0.717) is 0 Å². The molecular formula is C13H15N. The Morgan fingerprint density at radius 1 is 0.929 bits per heavy atom. The zero-order valence-electron chi connectivity index (χ0n) is 8.64. The smallest absolute Gasteiger partial charge is 0.0270 e. The van der Waals surface area contributed by atoms with Gasteiger partial charge in [0.25, 0.3) is 0 Å². The molecule has 0 saturated heterocycles. The lowest BCUT2D eigenvalue weighted by molar-refractivity contribution is 1.44. The van der Waals surface area contributed by atoms with Gasteiger partial charge in [0.05, 0.1) is 0 Å². The molecule has 0 N–H and O–H groups in total. The topological polar surface area (TPSA) is 12.4 Å². The van der Waals surface area contributed by atoms with E-state index in [1.165, 1.54) is 11.1 Å². The molecule has 72 valence electrons. The zero-order chi connectivity index (χ0) is 10.2. The molecule has 0 aliphatic carbocycles. The molecule has 0 spiro atoms. The lowest BCUT2D eigenvalue weighted by Gasteiger charge is -1.92. The van der Waals surface area contributed by atoms with Crippen molar-refractivity contribution in [2.45, 2.75) is 13.8 Å². The van der Waals surface area contributed by atoms with Crippen molar-refractivity contribution in [3.05, 3.63) is 59.9 Å². The van der Waals surface area contributed by atoms with Gasteiger partial charge >= 0.3 is 0 Å². The highest BCUT2D eigenvalue weighted by Crippen LogP contribution is 2.02. The summed E-state index contributed by atoms with van der Waals surface area (Å²) in [5.74, 6) is 0. The maximum absolute atomic E-state index is 4.09. The second kappa shape index (κ2) is 5.92. The molecule has 0 atom stereocenters. The van der Waals surface area contributed by atoms with Gasteiger partial charge in [0.15, 0.2) is 0 Å². The highest BCUT2D eigenvalue weighted by Gasteiger charge is 1.83. The minimum Gasteiger partial charge on any atom is -0.265 e. The van der Waals surface area contributed by atoms with Gasteiger partial charge in [-0.05, 0) is 31.6 Å². The van der Waals surface area contributed by atoms with Crippen LogP contribution in [0.1, 0.15) is 13.8 Å². The van der Waals surface area contributed by atoms with Crippen LogP contribution < -0.4 is 0 Å². The van der Waals surface area contributed by atoms with E-state index in [1.54, 1.807) is 12.4 Å². The van der Waals surface area contributed by atoms with Crippen LogP contribution in [-0.2, 0) is 0 Å². The van der Waals surface area contributed by atoms with E-state index in [2.05, 4.69) is 31.0 Å². The molecule has 1 aliphatic heterocycles. The van der Waals surface area contributed by atoms with E-state index in [1.807, 2.05) is 30.4 Å². The van der Waals surface area contributed by atoms with Gasteiger partial charge in [0.2, 0.25) is 0 Å². The largest absolute Gasteiger partial charge is 0.265 e. The number of hydrogen-bond acceptors (Lipinski definition) is 1. The summed E-state index contributed by atoms with van der Waals surface area (Å²) in [5.41, 5.74) is 2.44. The van der Waals surface area contributed by atoms with Crippen LogP contribution in [0.4, 0.5) is 0 Å². The lowest BCUT2D eigenvalue weighted by atomic mass is 10.1. The molecule has 1 heterocycles. The van der Waals surface area contributed by atoms with Crippen LogP contribution in [0.2, 0.25) is 0 Å². The Labute approximate surface area is 85.6 Å². The number of rotatable bonds is 0. The summed E-state index contributed by atoms with van der Waals surface area (Å²) in [6, 6.07) is 0. The third-order valence-electron chi connectivity index (χ3n) is 1.74. The lowest BCUT2D eigenvalue weighted by Crippen LogP contribution is -1.75. The normalized spacial score (nSPS) is 33.6. The number of aliphatic imine (C=N–C) groups is 1. The van der Waals surface area contributed by atoms with Crippen molar-refractivity contribution in [1.29, 1.82) is 0 Å². The van der Waals surface area contributed by atoms with Crippen LogP contribution in [0, 0.1) is 0 Å². The quantitative estimate of drug-likeness (QED) is 0.547. The molecule has 0 radical (unpaired) electrons. The molecule has 0 fully saturated rings. The van der Waals surface area contributed by atoms with Crippen LogP contribution in [-0.4, -0.2) is 6.21 Å². The van der Waals surface area contributed by atoms with Crippen LogP contribution in [0.15, 0.2) is 64.9 Å². The average molecular weight is 185 g/mol. The second-order valence-corrected chi connectivity index (χ2v) is 3.18. The predicted octanol–water partition coefficient (Wildman–Crippen LogP) is 3.59. The summed E-state index contributed by atoms with van der Waals surface area (Å²) in [4.78, 5) is 4.09. The van der Waals surface area contributed by atoms with Crippen molar-refractivity contribution in [3.8, 4) is 0 Å². The molecular weight excluding hydrogens is 170 g/mol. The van der Waals surface area contributed by atoms with Crippen LogP contribution in [0.5, 0.6) is 0 Å². The van der Waals surface area contributed by atoms with E-state index < -0.39 is 0 Å². The maximum atomic E-state index is 4.09. The van der Waals surface area contributed by atoms with E-state index in [9.17, 15) is 0 Å². The molecule has 1 aliphatic rings. The van der Waals surface area contributed by atoms with Gasteiger partial charge in [-0.25, -0.2) is 0 Å². The number of nitrogens with zero attached hydrogens (tertiary/aromatic N) is 1. The van der Waals surface area contributed by atoms with Crippen LogP contribution in [0.25, 0.3) is 0 Å². The Kier molecular flexibility index (Phi) is 4.42. The van der Waals surface area contributed by atoms with Crippen molar-refractivity contribution < 1.29 is 0 Å². The summed E-state index contributed by atoms with van der Waals surface area (Å²) >= 11 is 0. The molecule has 1 nitrogen and oxygen atoms in total. The molecule has 0 bridgehead atoms. The second-order valence-electron chi connectivity index (χ2n) is 3.18. The van der Waals surface area contributed by atoms with E-state index in [-0.39, 0.29) is 0 Å². The first-order chi connectivity index (χ1) is 6.79. The van der Waals surface area contributed by atoms with Crippen molar-refractivity contribution in [3.63, 3.8) is 0 Å². The van der Waals surface area contributed by atoms with E-state index >= 15 is 0 Å². The van der Waals surface area contributed by atoms with Crippen molar-refractivity contribution in [1.82, 2.24) is 0 Å². The summed E-state index contributed by atoms with van der Waals surface area (Å²) in [6.45, 7) is 4.15. The summed E-state index contributed by atoms with van der Waals surface area (Å²) < 4.78 is 0. The van der Waals surface area contributed by atoms with Gasteiger partial charge in [0, 0.05) is 12.4 Å². The van der Waals surface area contributed by atoms with Gasteiger partial charge in [-0.3, -0.25) is 4.99 Å². The molecule has 0 amide bonds. The Balaban J connectivity index is 2.91. The fourth-order valence-corrected chi connectivity index (χ4v) is 1.10. The minimum atomic E-state index is 1.20. The van der Waals surface area contributed by atoms with E-state index in [4.69, 9.17) is 0 Å². The van der Waals surface area contributed by atoms with Gasteiger partial charge in [-0.1, -0.05) is 36.0 Å². The monoisotopic (exact) mass is 185 g/mol. The predicted molar refractivity (Wildman–Crippen MR) is 63.4 cm³/mol. The van der Waals surface area contributed by atoms with Gasteiger partial charge in [-0.15, -0.1) is 0 Å². The molecule has 14 heavy (non-hydrogen) atoms. The first-order valence-electron chi connectivity index (χ1n) is 4.67. The molecule has 0 aromatic carbocycles. The molecule has 0 saturated carbocycles. The van der Waals surface area contributed by atoms with Gasteiger partial charge in [0.1, 0.15) is 0 Å². The molecule has 1 rings (SSSR count). The average Bonchev–Trinajstić information content (AvgIpc) is 2.13. The van der Waals surface area contributed by atoms with Crippen LogP contribution >= 0.6 is 0 Å². The third kappa shape index (κ3) is 4.41. The number of hydrogen-bond donors (Lipinski definition) is 0. The third-order valence-corrected chi connectivity index (χ3v) is 1.74. The Morgan fingerprint density at radius 2 is 1.71 bits per heavy atom. The molecule has 0 aromatic rings. The first kappa shape index (κ1) is 10.5. The fraction of sp³-hybridized carbons (Fsp3) is 0.154. The highest BCUT2D eigenvalue weighted by atomic mass is 14.6. The van der Waals surface area contributed by atoms with Crippen molar-refractivity contribution >= 4 is 6.21 Å². The minimum absolute atomic E-state index is 1.20. The van der Waals surface area contributed by atoms with Crippen LogP contribution in [0.3, 0.4) is 0 Å². The van der Waals surface area contributed by atoms with Crippen molar-refractivity contribution in [2.75, 3.05) is 0 Å². The number of allylic oxidation sites excluding steroid dienone is 9. The summed E-state index contributed by atoms with van der Waals surface area (Å²) in [7, 11) is 0. The summed E-state index contributed by atoms with van der Waals surface area (Å²) in [6.07, 6.45) is 17.7. The maximum Gasteiger partial charge on any atom is 0.0270 e. The Morgan fingerprint density at radius 3 is 2.57 bits per heavy atom.